The van der Waals surface area contributed by atoms with E-state index >= 15 is 0 Å². The SMILES string of the molecule is CCOCC(=O)NNC. The van der Waals surface area contributed by atoms with Gasteiger partial charge in [-0.05, 0) is 6.92 Å². The van der Waals surface area contributed by atoms with Crippen LogP contribution in [0.4, 0.5) is 0 Å². The minimum Gasteiger partial charge on any atom is -0.372 e. The standard InChI is InChI=1S/C5H12N2O2/c1-3-9-4-5(8)7-6-2/h6H,3-4H2,1-2H3,(H,7,8). The van der Waals surface area contributed by atoms with Crippen LogP contribution in [0.3, 0.4) is 0 Å². The maximum Gasteiger partial charge on any atom is 0.260 e. The van der Waals surface area contributed by atoms with E-state index in [0.29, 0.717) is 6.61 Å². The van der Waals surface area contributed by atoms with Gasteiger partial charge in [0.15, 0.2) is 0 Å². The van der Waals surface area contributed by atoms with Crippen LogP contribution in [0.2, 0.25) is 0 Å². The zero-order chi connectivity index (χ0) is 7.11. The second-order valence-corrected chi connectivity index (χ2v) is 1.44. The first-order valence-electron chi connectivity index (χ1n) is 2.84. The first kappa shape index (κ1) is 8.39. The summed E-state index contributed by atoms with van der Waals surface area (Å²) in [4.78, 5) is 10.5. The molecule has 0 aliphatic heterocycles. The number of carbonyl (C=O) groups excluding carboxylic acids is 1. The minimum absolute atomic E-state index is 0.122. The predicted molar refractivity (Wildman–Crippen MR) is 33.7 cm³/mol. The molecule has 4 heteroatoms. The smallest absolute Gasteiger partial charge is 0.260 e. The van der Waals surface area contributed by atoms with Crippen LogP contribution in [0.25, 0.3) is 0 Å². The highest BCUT2D eigenvalue weighted by Gasteiger charge is 1.95. The molecule has 0 heterocycles. The molecule has 9 heavy (non-hydrogen) atoms. The summed E-state index contributed by atoms with van der Waals surface area (Å²) in [6, 6.07) is 0. The van der Waals surface area contributed by atoms with Gasteiger partial charge in [0.2, 0.25) is 0 Å². The normalized spacial score (nSPS) is 9.11. The van der Waals surface area contributed by atoms with Crippen LogP contribution in [0, 0.1) is 0 Å². The number of hydrogen-bond acceptors (Lipinski definition) is 3. The van der Waals surface area contributed by atoms with Gasteiger partial charge in [0.05, 0.1) is 0 Å². The molecule has 0 rings (SSSR count). The molecule has 0 spiro atoms. The van der Waals surface area contributed by atoms with E-state index < -0.39 is 0 Å². The molecule has 0 aromatic rings. The Balaban J connectivity index is 3.06. The van der Waals surface area contributed by atoms with Gasteiger partial charge in [-0.1, -0.05) is 0 Å². The van der Waals surface area contributed by atoms with Crippen molar-refractivity contribution in [2.75, 3.05) is 20.3 Å². The molecule has 0 unspecified atom stereocenters. The highest BCUT2D eigenvalue weighted by molar-refractivity contribution is 5.76. The van der Waals surface area contributed by atoms with Crippen LogP contribution >= 0.6 is 0 Å². The summed E-state index contributed by atoms with van der Waals surface area (Å²) in [5, 5.41) is 0. The van der Waals surface area contributed by atoms with Gasteiger partial charge in [0, 0.05) is 13.7 Å². The van der Waals surface area contributed by atoms with Gasteiger partial charge in [-0.3, -0.25) is 10.2 Å². The van der Waals surface area contributed by atoms with Gasteiger partial charge >= 0.3 is 0 Å². The van der Waals surface area contributed by atoms with Gasteiger partial charge in [-0.15, -0.1) is 0 Å². The molecule has 0 aromatic carbocycles. The maximum atomic E-state index is 10.5. The number of rotatable bonds is 4. The molecule has 0 aliphatic rings. The molecule has 4 nitrogen and oxygen atoms in total. The van der Waals surface area contributed by atoms with Crippen molar-refractivity contribution >= 4 is 5.91 Å². The van der Waals surface area contributed by atoms with Crippen LogP contribution in [-0.4, -0.2) is 26.2 Å². The van der Waals surface area contributed by atoms with Gasteiger partial charge < -0.3 is 4.74 Å². The van der Waals surface area contributed by atoms with E-state index in [1.807, 2.05) is 6.92 Å². The molecule has 0 fully saturated rings. The van der Waals surface area contributed by atoms with Crippen molar-refractivity contribution < 1.29 is 9.53 Å². The Morgan fingerprint density at radius 2 is 2.33 bits per heavy atom. The predicted octanol–water partition coefficient (Wildman–Crippen LogP) is -0.726. The topological polar surface area (TPSA) is 50.4 Å². The molecule has 0 aromatic heterocycles. The van der Waals surface area contributed by atoms with Gasteiger partial charge in [0.1, 0.15) is 6.61 Å². The average molecular weight is 132 g/mol. The van der Waals surface area contributed by atoms with Crippen molar-refractivity contribution in [1.82, 2.24) is 10.9 Å². The third-order valence-electron chi connectivity index (χ3n) is 0.702. The fourth-order valence-electron chi connectivity index (χ4n) is 0.370. The minimum atomic E-state index is -0.153. The van der Waals surface area contributed by atoms with Crippen molar-refractivity contribution in [2.45, 2.75) is 6.92 Å². The summed E-state index contributed by atoms with van der Waals surface area (Å²) in [5.41, 5.74) is 4.86. The molecular weight excluding hydrogens is 120 g/mol. The molecule has 2 N–H and O–H groups in total. The number of hydrogen-bond donors (Lipinski definition) is 2. The fourth-order valence-corrected chi connectivity index (χ4v) is 0.370. The third kappa shape index (κ3) is 5.26. The molecule has 0 radical (unpaired) electrons. The van der Waals surface area contributed by atoms with Crippen LogP contribution in [0.5, 0.6) is 0 Å². The van der Waals surface area contributed by atoms with Crippen LogP contribution in [-0.2, 0) is 9.53 Å². The van der Waals surface area contributed by atoms with Crippen LogP contribution in [0.15, 0.2) is 0 Å². The summed E-state index contributed by atoms with van der Waals surface area (Å²) in [7, 11) is 1.63. The molecule has 0 atom stereocenters. The van der Waals surface area contributed by atoms with E-state index in [1.54, 1.807) is 7.05 Å². The Labute approximate surface area is 54.5 Å². The Hall–Kier alpha value is -0.610. The zero-order valence-corrected chi connectivity index (χ0v) is 5.73. The fraction of sp³-hybridized carbons (Fsp3) is 0.800. The molecule has 54 valence electrons. The van der Waals surface area contributed by atoms with E-state index in [-0.39, 0.29) is 12.5 Å². The monoisotopic (exact) mass is 132 g/mol. The van der Waals surface area contributed by atoms with E-state index in [2.05, 4.69) is 10.9 Å². The van der Waals surface area contributed by atoms with E-state index in [9.17, 15) is 4.79 Å². The highest BCUT2D eigenvalue weighted by Crippen LogP contribution is 1.70. The number of nitrogens with one attached hydrogen (secondary N) is 2. The molecule has 0 saturated carbocycles. The Kier molecular flexibility index (Phi) is 5.15. The second-order valence-electron chi connectivity index (χ2n) is 1.44. The molecule has 1 amide bonds. The number of ether oxygens (including phenoxy) is 1. The first-order valence-corrected chi connectivity index (χ1v) is 2.84. The number of amides is 1. The Bertz CT molecular complexity index is 85.0. The van der Waals surface area contributed by atoms with E-state index in [1.165, 1.54) is 0 Å². The van der Waals surface area contributed by atoms with Crippen molar-refractivity contribution in [3.8, 4) is 0 Å². The molecule has 0 saturated heterocycles. The quantitative estimate of drug-likeness (QED) is 0.496. The van der Waals surface area contributed by atoms with Crippen LogP contribution in [0.1, 0.15) is 6.92 Å². The number of hydrazine groups is 1. The summed E-state index contributed by atoms with van der Waals surface area (Å²) in [6.07, 6.45) is 0. The first-order chi connectivity index (χ1) is 4.31. The van der Waals surface area contributed by atoms with Gasteiger partial charge in [0.25, 0.3) is 5.91 Å². The van der Waals surface area contributed by atoms with Crippen molar-refractivity contribution in [1.29, 1.82) is 0 Å². The highest BCUT2D eigenvalue weighted by atomic mass is 16.5. The summed E-state index contributed by atoms with van der Waals surface area (Å²) in [5.74, 6) is -0.153. The lowest BCUT2D eigenvalue weighted by atomic mass is 10.7. The van der Waals surface area contributed by atoms with Crippen LogP contribution < -0.4 is 10.9 Å². The summed E-state index contributed by atoms with van der Waals surface area (Å²) < 4.78 is 4.80. The summed E-state index contributed by atoms with van der Waals surface area (Å²) in [6.45, 7) is 2.53. The maximum absolute atomic E-state index is 10.5. The molecule has 0 aliphatic carbocycles. The van der Waals surface area contributed by atoms with Crippen molar-refractivity contribution in [3.05, 3.63) is 0 Å². The molecular formula is C5H12N2O2. The largest absolute Gasteiger partial charge is 0.372 e. The lowest BCUT2D eigenvalue weighted by molar-refractivity contribution is -0.126. The lowest BCUT2D eigenvalue weighted by Gasteiger charge is -2.00. The third-order valence-corrected chi connectivity index (χ3v) is 0.702. The Morgan fingerprint density at radius 1 is 1.67 bits per heavy atom. The average Bonchev–Trinajstić information content (AvgIpc) is 1.85. The van der Waals surface area contributed by atoms with Crippen molar-refractivity contribution in [2.24, 2.45) is 0 Å². The van der Waals surface area contributed by atoms with E-state index in [4.69, 9.17) is 4.74 Å². The zero-order valence-electron chi connectivity index (χ0n) is 5.73. The lowest BCUT2D eigenvalue weighted by Crippen LogP contribution is -2.36. The van der Waals surface area contributed by atoms with Gasteiger partial charge in [-0.25, -0.2) is 5.43 Å². The summed E-state index contributed by atoms with van der Waals surface area (Å²) >= 11 is 0. The van der Waals surface area contributed by atoms with Gasteiger partial charge in [-0.2, -0.15) is 0 Å². The van der Waals surface area contributed by atoms with Crippen molar-refractivity contribution in [3.63, 3.8) is 0 Å². The molecule has 0 bridgehead atoms. The number of carbonyl (C=O) groups is 1. The Morgan fingerprint density at radius 3 is 2.78 bits per heavy atom. The van der Waals surface area contributed by atoms with E-state index in [0.717, 1.165) is 0 Å². The second kappa shape index (κ2) is 5.53.